The molecule has 226 valence electrons. The molecule has 0 aliphatic heterocycles. The van der Waals surface area contributed by atoms with Gasteiger partial charge in [-0.1, -0.05) is 133 Å². The maximum absolute atomic E-state index is 4.99. The lowest BCUT2D eigenvalue weighted by Gasteiger charge is -2.10. The van der Waals surface area contributed by atoms with E-state index in [-0.39, 0.29) is 0 Å². The fourth-order valence-electron chi connectivity index (χ4n) is 5.74. The van der Waals surface area contributed by atoms with E-state index in [0.29, 0.717) is 17.5 Å². The maximum Gasteiger partial charge on any atom is 0.164 e. The summed E-state index contributed by atoms with van der Waals surface area (Å²) < 4.78 is 0. The second-order valence-corrected chi connectivity index (χ2v) is 11.4. The fraction of sp³-hybridized carbons (Fsp3) is 0. The first-order chi connectivity index (χ1) is 23.8. The largest absolute Gasteiger partial charge is 0.265 e. The molecule has 3 aromatic heterocycles. The fourth-order valence-corrected chi connectivity index (χ4v) is 5.74. The monoisotopic (exact) mass is 615 g/mol. The minimum atomic E-state index is 0.628. The summed E-state index contributed by atoms with van der Waals surface area (Å²) in [5.74, 6) is 1.90. The van der Waals surface area contributed by atoms with Crippen LogP contribution in [0.3, 0.4) is 0 Å². The van der Waals surface area contributed by atoms with Gasteiger partial charge in [0, 0.05) is 46.4 Å². The van der Waals surface area contributed by atoms with Crippen molar-refractivity contribution < 1.29 is 0 Å². The lowest BCUT2D eigenvalue weighted by Crippen LogP contribution is -2.00. The zero-order valence-corrected chi connectivity index (χ0v) is 26.0. The Hall–Kier alpha value is -6.59. The molecule has 0 aliphatic carbocycles. The zero-order chi connectivity index (χ0) is 32.1. The molecule has 0 aliphatic rings. The van der Waals surface area contributed by atoms with Gasteiger partial charge in [-0.3, -0.25) is 9.97 Å². The zero-order valence-electron chi connectivity index (χ0n) is 26.0. The van der Waals surface area contributed by atoms with Gasteiger partial charge in [0.25, 0.3) is 0 Å². The molecule has 48 heavy (non-hydrogen) atoms. The number of pyridine rings is 2. The van der Waals surface area contributed by atoms with Crippen LogP contribution in [0.4, 0.5) is 0 Å². The van der Waals surface area contributed by atoms with Crippen molar-refractivity contribution in [3.05, 3.63) is 176 Å². The highest BCUT2D eigenvalue weighted by atomic mass is 15.0. The number of aromatic nitrogens is 5. The Morgan fingerprint density at radius 2 is 0.729 bits per heavy atom. The number of nitrogens with zero attached hydrogens (tertiary/aromatic N) is 5. The van der Waals surface area contributed by atoms with Gasteiger partial charge in [0.2, 0.25) is 0 Å². The van der Waals surface area contributed by atoms with Crippen LogP contribution < -0.4 is 0 Å². The molecule has 0 bridgehead atoms. The molecule has 5 nitrogen and oxygen atoms in total. The van der Waals surface area contributed by atoms with Crippen LogP contribution in [0.15, 0.2) is 176 Å². The predicted octanol–water partition coefficient (Wildman–Crippen LogP) is 10.3. The first-order valence-corrected chi connectivity index (χ1v) is 15.8. The Bertz CT molecular complexity index is 2290. The van der Waals surface area contributed by atoms with E-state index in [4.69, 9.17) is 19.9 Å². The Morgan fingerprint density at radius 1 is 0.292 bits per heavy atom. The Kier molecular flexibility index (Phi) is 7.83. The molecule has 0 unspecified atom stereocenters. The van der Waals surface area contributed by atoms with Crippen molar-refractivity contribution in [2.45, 2.75) is 0 Å². The van der Waals surface area contributed by atoms with Gasteiger partial charge in [0.1, 0.15) is 0 Å². The number of rotatable bonds is 7. The van der Waals surface area contributed by atoms with Crippen LogP contribution in [-0.4, -0.2) is 24.9 Å². The summed E-state index contributed by atoms with van der Waals surface area (Å²) in [7, 11) is 0. The van der Waals surface area contributed by atoms with Crippen molar-refractivity contribution in [3.8, 4) is 78.8 Å². The van der Waals surface area contributed by atoms with Gasteiger partial charge in [-0.2, -0.15) is 0 Å². The molecule has 0 spiro atoms. The molecule has 8 rings (SSSR count). The van der Waals surface area contributed by atoms with Gasteiger partial charge in [0.05, 0.1) is 5.69 Å². The van der Waals surface area contributed by atoms with E-state index in [1.807, 2.05) is 54.7 Å². The Balaban J connectivity index is 1.11. The van der Waals surface area contributed by atoms with E-state index in [1.165, 1.54) is 5.56 Å². The first-order valence-electron chi connectivity index (χ1n) is 15.8. The van der Waals surface area contributed by atoms with E-state index in [9.17, 15) is 0 Å². The van der Waals surface area contributed by atoms with Gasteiger partial charge >= 0.3 is 0 Å². The van der Waals surface area contributed by atoms with Gasteiger partial charge in [-0.15, -0.1) is 0 Å². The van der Waals surface area contributed by atoms with Gasteiger partial charge in [-0.25, -0.2) is 15.0 Å². The van der Waals surface area contributed by atoms with Crippen LogP contribution in [-0.2, 0) is 0 Å². The average molecular weight is 616 g/mol. The summed E-state index contributed by atoms with van der Waals surface area (Å²) in [6, 6.07) is 53.8. The highest BCUT2D eigenvalue weighted by Crippen LogP contribution is 2.31. The molecule has 0 radical (unpaired) electrons. The number of benzene rings is 5. The molecule has 5 heteroatoms. The molecule has 3 heterocycles. The van der Waals surface area contributed by atoms with Crippen molar-refractivity contribution in [3.63, 3.8) is 0 Å². The minimum absolute atomic E-state index is 0.628. The molecule has 0 N–H and O–H groups in total. The normalized spacial score (nSPS) is 10.9. The standard InChI is InChI=1S/C43H29N5/c1-3-8-30(9-4-1)31-16-20-36(21-17-31)42-46-41(35-10-5-2-6-11-35)47-43(48-42)38-13-7-12-37(28-38)32-14-18-34(19-15-32)40-23-22-39(29-45-40)33-24-26-44-27-25-33/h1-29H. The van der Waals surface area contributed by atoms with E-state index in [0.717, 1.165) is 55.8 Å². The molecule has 0 saturated carbocycles. The Morgan fingerprint density at radius 3 is 1.35 bits per heavy atom. The lowest BCUT2D eigenvalue weighted by molar-refractivity contribution is 1.07. The van der Waals surface area contributed by atoms with Gasteiger partial charge < -0.3 is 0 Å². The summed E-state index contributed by atoms with van der Waals surface area (Å²) in [6.07, 6.45) is 5.50. The molecular formula is C43H29N5. The van der Waals surface area contributed by atoms with E-state index < -0.39 is 0 Å². The number of hydrogen-bond acceptors (Lipinski definition) is 5. The van der Waals surface area contributed by atoms with E-state index in [2.05, 4.69) is 114 Å². The predicted molar refractivity (Wildman–Crippen MR) is 193 cm³/mol. The van der Waals surface area contributed by atoms with Crippen molar-refractivity contribution >= 4 is 0 Å². The molecule has 8 aromatic rings. The summed E-state index contributed by atoms with van der Waals surface area (Å²) in [6.45, 7) is 0. The third-order valence-corrected chi connectivity index (χ3v) is 8.33. The topological polar surface area (TPSA) is 64.5 Å². The van der Waals surface area contributed by atoms with Crippen LogP contribution in [0.5, 0.6) is 0 Å². The molecule has 0 atom stereocenters. The van der Waals surface area contributed by atoms with Crippen LogP contribution in [0.1, 0.15) is 0 Å². The highest BCUT2D eigenvalue weighted by Gasteiger charge is 2.13. The third-order valence-electron chi connectivity index (χ3n) is 8.33. The van der Waals surface area contributed by atoms with Crippen molar-refractivity contribution in [2.75, 3.05) is 0 Å². The van der Waals surface area contributed by atoms with Crippen molar-refractivity contribution in [2.24, 2.45) is 0 Å². The summed E-state index contributed by atoms with van der Waals surface area (Å²) in [4.78, 5) is 23.7. The van der Waals surface area contributed by atoms with Crippen molar-refractivity contribution in [1.82, 2.24) is 24.9 Å². The minimum Gasteiger partial charge on any atom is -0.265 e. The third kappa shape index (κ3) is 6.13. The van der Waals surface area contributed by atoms with Crippen LogP contribution in [0.25, 0.3) is 78.8 Å². The molecule has 5 aromatic carbocycles. The second kappa shape index (κ2) is 13.0. The first kappa shape index (κ1) is 28.9. The summed E-state index contributed by atoms with van der Waals surface area (Å²) in [5.41, 5.74) is 11.4. The lowest BCUT2D eigenvalue weighted by atomic mass is 10.00. The van der Waals surface area contributed by atoms with E-state index in [1.54, 1.807) is 12.4 Å². The molecule has 0 amide bonds. The molecular weight excluding hydrogens is 587 g/mol. The maximum atomic E-state index is 4.99. The van der Waals surface area contributed by atoms with E-state index >= 15 is 0 Å². The van der Waals surface area contributed by atoms with Crippen LogP contribution in [0, 0.1) is 0 Å². The number of hydrogen-bond donors (Lipinski definition) is 0. The second-order valence-electron chi connectivity index (χ2n) is 11.4. The van der Waals surface area contributed by atoms with Crippen molar-refractivity contribution in [1.29, 1.82) is 0 Å². The van der Waals surface area contributed by atoms with Gasteiger partial charge in [0.15, 0.2) is 17.5 Å². The quantitative estimate of drug-likeness (QED) is 0.178. The SMILES string of the molecule is c1ccc(-c2ccc(-c3nc(-c4ccccc4)nc(-c4cccc(-c5ccc(-c6ccc(-c7ccncc7)cn6)cc5)c4)n3)cc2)cc1. The molecule has 0 fully saturated rings. The summed E-state index contributed by atoms with van der Waals surface area (Å²) >= 11 is 0. The van der Waals surface area contributed by atoms with Crippen LogP contribution >= 0.6 is 0 Å². The smallest absolute Gasteiger partial charge is 0.164 e. The van der Waals surface area contributed by atoms with Gasteiger partial charge in [-0.05, 0) is 52.1 Å². The average Bonchev–Trinajstić information content (AvgIpc) is 3.19. The molecule has 0 saturated heterocycles. The van der Waals surface area contributed by atoms with Crippen LogP contribution in [0.2, 0.25) is 0 Å². The summed E-state index contributed by atoms with van der Waals surface area (Å²) in [5, 5.41) is 0. The highest BCUT2D eigenvalue weighted by molar-refractivity contribution is 5.75. The Labute approximate surface area is 279 Å².